The number of hydrogen-bond donors (Lipinski definition) is 0. The fourth-order valence-corrected chi connectivity index (χ4v) is 5.25. The highest BCUT2D eigenvalue weighted by Gasteiger charge is 2.43. The zero-order chi connectivity index (χ0) is 19.9. The molecule has 3 heterocycles. The van der Waals surface area contributed by atoms with E-state index >= 15 is 0 Å². The number of halogens is 4. The van der Waals surface area contributed by atoms with Crippen LogP contribution in [-0.4, -0.2) is 61.0 Å². The van der Waals surface area contributed by atoms with Crippen LogP contribution in [-0.2, 0) is 10.9 Å². The Labute approximate surface area is 168 Å². The highest BCUT2D eigenvalue weighted by molar-refractivity contribution is 6.30. The van der Waals surface area contributed by atoms with Crippen LogP contribution in [0.5, 0.6) is 0 Å². The molecular formula is C19H26ClF3N4O. The second kappa shape index (κ2) is 7.95. The number of fused-ring (bicyclic) bond motifs is 1. The fraction of sp³-hybridized carbons (Fsp3) is 0.789. The van der Waals surface area contributed by atoms with E-state index in [0.717, 1.165) is 70.5 Å². The van der Waals surface area contributed by atoms with Crippen molar-refractivity contribution in [2.24, 2.45) is 17.8 Å². The molecule has 5 nitrogen and oxygen atoms in total. The first-order chi connectivity index (χ1) is 13.3. The minimum absolute atomic E-state index is 0.191. The standard InChI is InChI=1S/C19H26ClF3N4O/c1-26(17-8-16(19(21,22)23)18(20)25-24-17)15-6-13-10-27(11-14(13)7-15)9-12-2-4-28-5-3-12/h8,12-15H,2-7,9-11H2,1H3/t13-,14+,15?. The van der Waals surface area contributed by atoms with E-state index in [0.29, 0.717) is 11.8 Å². The third kappa shape index (κ3) is 4.24. The Balaban J connectivity index is 1.35. The molecule has 0 aromatic carbocycles. The van der Waals surface area contributed by atoms with E-state index in [1.165, 1.54) is 0 Å². The van der Waals surface area contributed by atoms with Crippen LogP contribution in [0.3, 0.4) is 0 Å². The molecule has 3 fully saturated rings. The predicted octanol–water partition coefficient (Wildman–Crippen LogP) is 3.72. The first-order valence-electron chi connectivity index (χ1n) is 9.94. The summed E-state index contributed by atoms with van der Waals surface area (Å²) in [5.41, 5.74) is -0.924. The van der Waals surface area contributed by atoms with Crippen molar-refractivity contribution >= 4 is 17.4 Å². The SMILES string of the molecule is CN(c1cc(C(F)(F)F)c(Cl)nn1)C1C[C@@H]2CN(CC3CCOCC3)C[C@@H]2C1. The summed E-state index contributed by atoms with van der Waals surface area (Å²) in [7, 11) is 1.81. The van der Waals surface area contributed by atoms with Crippen molar-refractivity contribution in [3.63, 3.8) is 0 Å². The van der Waals surface area contributed by atoms with Gasteiger partial charge >= 0.3 is 6.18 Å². The van der Waals surface area contributed by atoms with Crippen molar-refractivity contribution in [3.8, 4) is 0 Å². The molecule has 3 atom stereocenters. The molecule has 0 bridgehead atoms. The maximum absolute atomic E-state index is 13.1. The molecule has 0 amide bonds. The Morgan fingerprint density at radius 1 is 1.18 bits per heavy atom. The summed E-state index contributed by atoms with van der Waals surface area (Å²) in [4.78, 5) is 4.42. The molecule has 1 aromatic rings. The smallest absolute Gasteiger partial charge is 0.381 e. The summed E-state index contributed by atoms with van der Waals surface area (Å²) in [5.74, 6) is 2.18. The van der Waals surface area contributed by atoms with Crippen LogP contribution >= 0.6 is 11.6 Å². The number of likely N-dealkylation sites (tertiary alicyclic amines) is 1. The maximum atomic E-state index is 13.1. The van der Waals surface area contributed by atoms with Crippen LogP contribution < -0.4 is 4.90 Å². The molecule has 2 saturated heterocycles. The van der Waals surface area contributed by atoms with Crippen LogP contribution in [0, 0.1) is 17.8 Å². The van der Waals surface area contributed by atoms with Crippen molar-refractivity contribution in [2.45, 2.75) is 37.9 Å². The zero-order valence-electron chi connectivity index (χ0n) is 16.0. The number of aromatic nitrogens is 2. The number of rotatable bonds is 4. The van der Waals surface area contributed by atoms with Gasteiger partial charge in [-0.2, -0.15) is 13.2 Å². The average Bonchev–Trinajstić information content (AvgIpc) is 3.20. The van der Waals surface area contributed by atoms with Gasteiger partial charge in [0.15, 0.2) is 11.0 Å². The summed E-state index contributed by atoms with van der Waals surface area (Å²) < 4.78 is 44.8. The minimum Gasteiger partial charge on any atom is -0.381 e. The third-order valence-corrected chi connectivity index (χ3v) is 6.89. The van der Waals surface area contributed by atoms with Crippen LogP contribution in [0.25, 0.3) is 0 Å². The quantitative estimate of drug-likeness (QED) is 0.745. The van der Waals surface area contributed by atoms with Crippen LogP contribution in [0.1, 0.15) is 31.2 Å². The van der Waals surface area contributed by atoms with Gasteiger partial charge in [-0.05, 0) is 49.5 Å². The first-order valence-corrected chi connectivity index (χ1v) is 10.3. The molecule has 1 aromatic heterocycles. The number of ether oxygens (including phenoxy) is 1. The second-order valence-corrected chi connectivity index (χ2v) is 8.79. The molecule has 0 spiro atoms. The third-order valence-electron chi connectivity index (χ3n) is 6.61. The Kier molecular flexibility index (Phi) is 5.73. The summed E-state index contributed by atoms with van der Waals surface area (Å²) in [6.45, 7) is 5.08. The molecule has 0 N–H and O–H groups in total. The molecule has 1 aliphatic carbocycles. The molecule has 1 saturated carbocycles. The summed E-state index contributed by atoms with van der Waals surface area (Å²) >= 11 is 5.59. The summed E-state index contributed by atoms with van der Waals surface area (Å²) in [6, 6.07) is 1.21. The predicted molar refractivity (Wildman–Crippen MR) is 100 cm³/mol. The van der Waals surface area contributed by atoms with E-state index in [1.54, 1.807) is 0 Å². The number of anilines is 1. The monoisotopic (exact) mass is 418 g/mol. The Morgan fingerprint density at radius 2 is 1.82 bits per heavy atom. The number of nitrogens with zero attached hydrogens (tertiary/aromatic N) is 4. The first kappa shape index (κ1) is 20.2. The zero-order valence-corrected chi connectivity index (χ0v) is 16.7. The van der Waals surface area contributed by atoms with Crippen molar-refractivity contribution in [1.29, 1.82) is 0 Å². The van der Waals surface area contributed by atoms with E-state index < -0.39 is 16.9 Å². The highest BCUT2D eigenvalue weighted by atomic mass is 35.5. The van der Waals surface area contributed by atoms with Crippen molar-refractivity contribution in [1.82, 2.24) is 15.1 Å². The van der Waals surface area contributed by atoms with Gasteiger partial charge in [0.1, 0.15) is 0 Å². The summed E-state index contributed by atoms with van der Waals surface area (Å²) in [5, 5.41) is 6.83. The molecule has 9 heteroatoms. The van der Waals surface area contributed by atoms with Gasteiger partial charge in [0, 0.05) is 45.9 Å². The highest BCUT2D eigenvalue weighted by Crippen LogP contribution is 2.42. The average molecular weight is 419 g/mol. The van der Waals surface area contributed by atoms with Gasteiger partial charge in [-0.1, -0.05) is 11.6 Å². The number of alkyl halides is 3. The van der Waals surface area contributed by atoms with E-state index in [-0.39, 0.29) is 11.9 Å². The summed E-state index contributed by atoms with van der Waals surface area (Å²) in [6.07, 6.45) is -0.268. The Morgan fingerprint density at radius 3 is 2.43 bits per heavy atom. The lowest BCUT2D eigenvalue weighted by molar-refractivity contribution is -0.137. The van der Waals surface area contributed by atoms with Gasteiger partial charge in [0.05, 0.1) is 5.56 Å². The van der Waals surface area contributed by atoms with Gasteiger partial charge in [-0.15, -0.1) is 10.2 Å². The molecule has 3 aliphatic rings. The van der Waals surface area contributed by atoms with Crippen LogP contribution in [0.4, 0.5) is 19.0 Å². The molecule has 4 rings (SSSR count). The minimum atomic E-state index is -4.53. The van der Waals surface area contributed by atoms with Gasteiger partial charge in [-0.25, -0.2) is 0 Å². The Bertz CT molecular complexity index is 684. The van der Waals surface area contributed by atoms with E-state index in [4.69, 9.17) is 16.3 Å². The van der Waals surface area contributed by atoms with Crippen LogP contribution in [0.15, 0.2) is 6.07 Å². The topological polar surface area (TPSA) is 41.5 Å². The van der Waals surface area contributed by atoms with Gasteiger partial charge in [-0.3, -0.25) is 0 Å². The molecule has 2 aliphatic heterocycles. The molecule has 0 radical (unpaired) electrons. The van der Waals surface area contributed by atoms with Crippen molar-refractivity contribution < 1.29 is 17.9 Å². The number of hydrogen-bond acceptors (Lipinski definition) is 5. The molecule has 1 unspecified atom stereocenters. The van der Waals surface area contributed by atoms with Crippen molar-refractivity contribution in [3.05, 3.63) is 16.8 Å². The van der Waals surface area contributed by atoms with Gasteiger partial charge in [0.25, 0.3) is 0 Å². The van der Waals surface area contributed by atoms with E-state index in [2.05, 4.69) is 15.1 Å². The lowest BCUT2D eigenvalue weighted by Gasteiger charge is -2.29. The fourth-order valence-electron chi connectivity index (χ4n) is 5.05. The van der Waals surface area contributed by atoms with Crippen molar-refractivity contribution in [2.75, 3.05) is 44.8 Å². The molecular weight excluding hydrogens is 393 g/mol. The molecule has 28 heavy (non-hydrogen) atoms. The maximum Gasteiger partial charge on any atom is 0.419 e. The van der Waals surface area contributed by atoms with Gasteiger partial charge in [0.2, 0.25) is 0 Å². The lowest BCUT2D eigenvalue weighted by Crippen LogP contribution is -2.35. The van der Waals surface area contributed by atoms with E-state index in [9.17, 15) is 13.2 Å². The Hall–Kier alpha value is -1.12. The normalized spacial score (nSPS) is 29.2. The van der Waals surface area contributed by atoms with Crippen LogP contribution in [0.2, 0.25) is 5.15 Å². The van der Waals surface area contributed by atoms with Gasteiger partial charge < -0.3 is 14.5 Å². The lowest BCUT2D eigenvalue weighted by atomic mass is 10.00. The van der Waals surface area contributed by atoms with E-state index in [1.807, 2.05) is 11.9 Å². The largest absolute Gasteiger partial charge is 0.419 e. The second-order valence-electron chi connectivity index (χ2n) is 8.44. The molecule has 156 valence electrons.